The fraction of sp³-hybridized carbons (Fsp3) is 0. The van der Waals surface area contributed by atoms with E-state index in [4.69, 9.17) is 0 Å². The molecular formula is C50H33FN2S. The van der Waals surface area contributed by atoms with Crippen LogP contribution in [-0.2, 0) is 0 Å². The van der Waals surface area contributed by atoms with E-state index < -0.39 is 0 Å². The highest BCUT2D eigenvalue weighted by atomic mass is 32.1. The number of hydrogen-bond acceptors (Lipinski definition) is 3. The van der Waals surface area contributed by atoms with Gasteiger partial charge in [0.25, 0.3) is 0 Å². The van der Waals surface area contributed by atoms with E-state index in [0.717, 1.165) is 34.1 Å². The second-order valence-electron chi connectivity index (χ2n) is 13.5. The number of halogens is 1. The minimum Gasteiger partial charge on any atom is -0.311 e. The van der Waals surface area contributed by atoms with Crippen LogP contribution in [0.3, 0.4) is 0 Å². The summed E-state index contributed by atoms with van der Waals surface area (Å²) in [7, 11) is 0. The molecule has 9 aromatic carbocycles. The molecule has 10 rings (SSSR count). The van der Waals surface area contributed by atoms with Gasteiger partial charge in [0.1, 0.15) is 5.82 Å². The molecule has 4 heteroatoms. The highest BCUT2D eigenvalue weighted by Gasteiger charge is 2.19. The largest absolute Gasteiger partial charge is 0.311 e. The molecule has 0 saturated heterocycles. The molecule has 256 valence electrons. The third-order valence-corrected chi connectivity index (χ3v) is 11.5. The molecule has 0 N–H and O–H groups in total. The smallest absolute Gasteiger partial charge is 0.123 e. The molecule has 0 aliphatic rings. The van der Waals surface area contributed by atoms with E-state index in [1.165, 1.54) is 65.0 Å². The minimum atomic E-state index is -0.262. The van der Waals surface area contributed by atoms with Gasteiger partial charge in [-0.2, -0.15) is 0 Å². The van der Waals surface area contributed by atoms with Crippen LogP contribution in [0.5, 0.6) is 0 Å². The molecule has 0 radical (unpaired) electrons. The first-order valence-electron chi connectivity index (χ1n) is 18.1. The standard InChI is InChI=1S/C50H33FN2S/c51-36-21-25-39(26-22-36)53(42-31-32-44-43-15-7-8-16-45(43)50-49(47(44)33-42)46-17-9-10-18-48(46)54-50)41-29-27-40(28-30-41)52(37-13-5-2-6-14-37)38-23-19-35(20-24-38)34-11-3-1-4-12-34/h1-33H. The highest BCUT2D eigenvalue weighted by molar-refractivity contribution is 7.27. The van der Waals surface area contributed by atoms with Gasteiger partial charge in [-0.25, -0.2) is 4.39 Å². The molecule has 1 aromatic heterocycles. The van der Waals surface area contributed by atoms with Crippen LogP contribution >= 0.6 is 11.3 Å². The van der Waals surface area contributed by atoms with Gasteiger partial charge in [-0.1, -0.05) is 109 Å². The zero-order valence-electron chi connectivity index (χ0n) is 29.2. The van der Waals surface area contributed by atoms with Crippen molar-refractivity contribution in [1.82, 2.24) is 0 Å². The van der Waals surface area contributed by atoms with Crippen LogP contribution in [0.2, 0.25) is 0 Å². The number of fused-ring (bicyclic) bond motifs is 8. The Hall–Kier alpha value is -6.75. The molecular weight excluding hydrogens is 680 g/mol. The van der Waals surface area contributed by atoms with E-state index in [2.05, 4.69) is 174 Å². The Morgan fingerprint density at radius 1 is 0.333 bits per heavy atom. The van der Waals surface area contributed by atoms with Crippen molar-refractivity contribution >= 4 is 87.2 Å². The van der Waals surface area contributed by atoms with Gasteiger partial charge in [0.05, 0.1) is 0 Å². The third-order valence-electron chi connectivity index (χ3n) is 10.3. The van der Waals surface area contributed by atoms with Gasteiger partial charge < -0.3 is 9.80 Å². The van der Waals surface area contributed by atoms with Crippen molar-refractivity contribution in [3.8, 4) is 11.1 Å². The van der Waals surface area contributed by atoms with Crippen molar-refractivity contribution in [2.24, 2.45) is 0 Å². The van der Waals surface area contributed by atoms with E-state index in [1.54, 1.807) is 0 Å². The molecule has 0 atom stereocenters. The highest BCUT2D eigenvalue weighted by Crippen LogP contribution is 2.46. The van der Waals surface area contributed by atoms with E-state index in [-0.39, 0.29) is 5.82 Å². The molecule has 10 aromatic rings. The first-order valence-corrected chi connectivity index (χ1v) is 18.9. The predicted molar refractivity (Wildman–Crippen MR) is 229 cm³/mol. The van der Waals surface area contributed by atoms with Gasteiger partial charge >= 0.3 is 0 Å². The summed E-state index contributed by atoms with van der Waals surface area (Å²) >= 11 is 1.85. The normalized spacial score (nSPS) is 11.4. The Kier molecular flexibility index (Phi) is 7.89. The molecule has 0 fully saturated rings. The Bertz CT molecular complexity index is 2920. The van der Waals surface area contributed by atoms with Crippen LogP contribution in [-0.4, -0.2) is 0 Å². The van der Waals surface area contributed by atoms with E-state index >= 15 is 0 Å². The molecule has 0 spiro atoms. The van der Waals surface area contributed by atoms with E-state index in [0.29, 0.717) is 0 Å². The van der Waals surface area contributed by atoms with Crippen molar-refractivity contribution in [3.63, 3.8) is 0 Å². The second-order valence-corrected chi connectivity index (χ2v) is 14.5. The van der Waals surface area contributed by atoms with Crippen LogP contribution in [0, 0.1) is 5.82 Å². The summed E-state index contributed by atoms with van der Waals surface area (Å²) < 4.78 is 16.9. The van der Waals surface area contributed by atoms with Crippen molar-refractivity contribution in [1.29, 1.82) is 0 Å². The van der Waals surface area contributed by atoms with Crippen molar-refractivity contribution in [3.05, 3.63) is 206 Å². The van der Waals surface area contributed by atoms with Crippen LogP contribution < -0.4 is 9.80 Å². The lowest BCUT2D eigenvalue weighted by Gasteiger charge is -2.28. The molecule has 1 heterocycles. The summed E-state index contributed by atoms with van der Waals surface area (Å²) in [4.78, 5) is 4.50. The maximum atomic E-state index is 14.4. The summed E-state index contributed by atoms with van der Waals surface area (Å²) in [5, 5.41) is 7.48. The zero-order valence-corrected chi connectivity index (χ0v) is 30.0. The number of anilines is 6. The molecule has 0 unspecified atom stereocenters. The van der Waals surface area contributed by atoms with Crippen LogP contribution in [0.25, 0.3) is 52.8 Å². The molecule has 0 aliphatic carbocycles. The SMILES string of the molecule is Fc1ccc(N(c2ccc(N(c3ccccc3)c3ccc(-c4ccccc4)cc3)cc2)c2ccc3c4ccccc4c4sc5ccccc5c4c3c2)cc1. The molecule has 2 nitrogen and oxygen atoms in total. The van der Waals surface area contributed by atoms with E-state index in [9.17, 15) is 4.39 Å². The second kappa shape index (κ2) is 13.3. The van der Waals surface area contributed by atoms with Crippen LogP contribution in [0.4, 0.5) is 38.5 Å². The summed E-state index contributed by atoms with van der Waals surface area (Å²) in [6.45, 7) is 0. The monoisotopic (exact) mass is 712 g/mol. The van der Waals surface area contributed by atoms with Gasteiger partial charge in [0.15, 0.2) is 0 Å². The number of benzene rings is 9. The predicted octanol–water partition coefficient (Wildman–Crippen LogP) is 15.1. The lowest BCUT2D eigenvalue weighted by Crippen LogP contribution is -2.12. The zero-order chi connectivity index (χ0) is 36.0. The Labute approximate surface area is 317 Å². The fourth-order valence-corrected chi connectivity index (χ4v) is 9.03. The van der Waals surface area contributed by atoms with Gasteiger partial charge in [-0.05, 0) is 118 Å². The molecule has 0 amide bonds. The van der Waals surface area contributed by atoms with Crippen LogP contribution in [0.15, 0.2) is 200 Å². The van der Waals surface area contributed by atoms with Gasteiger partial charge in [-0.3, -0.25) is 0 Å². The maximum absolute atomic E-state index is 14.4. The topological polar surface area (TPSA) is 6.48 Å². The molecule has 0 aliphatic heterocycles. The first kappa shape index (κ1) is 31.9. The lowest BCUT2D eigenvalue weighted by atomic mass is 9.96. The van der Waals surface area contributed by atoms with Gasteiger partial charge in [-0.15, -0.1) is 11.3 Å². The van der Waals surface area contributed by atoms with Crippen molar-refractivity contribution in [2.45, 2.75) is 0 Å². The molecule has 0 saturated carbocycles. The number of nitrogens with zero attached hydrogens (tertiary/aromatic N) is 2. The number of rotatable bonds is 7. The van der Waals surface area contributed by atoms with Crippen molar-refractivity contribution in [2.75, 3.05) is 9.80 Å². The average molecular weight is 713 g/mol. The average Bonchev–Trinajstić information content (AvgIpc) is 3.64. The summed E-state index contributed by atoms with van der Waals surface area (Å²) in [6, 6.07) is 69.3. The third kappa shape index (κ3) is 5.56. The fourth-order valence-electron chi connectivity index (χ4n) is 7.78. The number of hydrogen-bond donors (Lipinski definition) is 0. The van der Waals surface area contributed by atoms with Crippen molar-refractivity contribution < 1.29 is 4.39 Å². The maximum Gasteiger partial charge on any atom is 0.123 e. The van der Waals surface area contributed by atoms with Gasteiger partial charge in [0.2, 0.25) is 0 Å². The lowest BCUT2D eigenvalue weighted by molar-refractivity contribution is 0.628. The van der Waals surface area contributed by atoms with E-state index in [1.807, 2.05) is 35.6 Å². The van der Waals surface area contributed by atoms with Gasteiger partial charge in [0, 0.05) is 59.7 Å². The Morgan fingerprint density at radius 2 is 0.778 bits per heavy atom. The Balaban J connectivity index is 1.12. The quantitative estimate of drug-likeness (QED) is 0.152. The minimum absolute atomic E-state index is 0.262. The first-order chi connectivity index (χ1) is 26.7. The summed E-state index contributed by atoms with van der Waals surface area (Å²) in [5.41, 5.74) is 8.40. The van der Waals surface area contributed by atoms with Crippen LogP contribution in [0.1, 0.15) is 0 Å². The number of thiophene rings is 1. The Morgan fingerprint density at radius 3 is 1.44 bits per heavy atom. The molecule has 54 heavy (non-hydrogen) atoms. The summed E-state index contributed by atoms with van der Waals surface area (Å²) in [6.07, 6.45) is 0. The number of para-hydroxylation sites is 1. The summed E-state index contributed by atoms with van der Waals surface area (Å²) in [5.74, 6) is -0.262. The molecule has 0 bridgehead atoms.